The highest BCUT2D eigenvalue weighted by Crippen LogP contribution is 2.31. The van der Waals surface area contributed by atoms with Crippen molar-refractivity contribution in [3.05, 3.63) is 0 Å². The molecule has 1 fully saturated rings. The highest BCUT2D eigenvalue weighted by molar-refractivity contribution is 5.77. The third kappa shape index (κ3) is 4.18. The van der Waals surface area contributed by atoms with Crippen LogP contribution in [0.25, 0.3) is 0 Å². The smallest absolute Gasteiger partial charge is 0.369 e. The van der Waals surface area contributed by atoms with E-state index in [9.17, 15) is 18.0 Å². The molecular weight excluding hydrogens is 233 g/mol. The van der Waals surface area contributed by atoms with Crippen LogP contribution in [0.2, 0.25) is 0 Å². The molecule has 0 aromatic rings. The highest BCUT2D eigenvalue weighted by Gasteiger charge is 2.39. The van der Waals surface area contributed by atoms with Crippen molar-refractivity contribution in [1.29, 1.82) is 0 Å². The monoisotopic (exact) mass is 252 g/mol. The van der Waals surface area contributed by atoms with Crippen LogP contribution in [0.3, 0.4) is 0 Å². The molecule has 1 aliphatic rings. The summed E-state index contributed by atoms with van der Waals surface area (Å²) in [6.45, 7) is 3.78. The first-order valence-electron chi connectivity index (χ1n) is 5.83. The van der Waals surface area contributed by atoms with Gasteiger partial charge in [-0.3, -0.25) is 4.79 Å². The molecule has 1 rings (SSSR count). The van der Waals surface area contributed by atoms with Crippen molar-refractivity contribution in [1.82, 2.24) is 5.32 Å². The van der Waals surface area contributed by atoms with E-state index in [4.69, 9.17) is 5.73 Å². The maximum atomic E-state index is 12.2. The Morgan fingerprint density at radius 3 is 2.47 bits per heavy atom. The Morgan fingerprint density at radius 1 is 1.41 bits per heavy atom. The summed E-state index contributed by atoms with van der Waals surface area (Å²) in [4.78, 5) is 11.3. The number of halogens is 3. The minimum atomic E-state index is -4.19. The van der Waals surface area contributed by atoms with Gasteiger partial charge < -0.3 is 11.1 Å². The molecule has 1 amide bonds. The van der Waals surface area contributed by atoms with Crippen LogP contribution in [-0.2, 0) is 4.79 Å². The van der Waals surface area contributed by atoms with Crippen LogP contribution in [0.4, 0.5) is 13.2 Å². The lowest BCUT2D eigenvalue weighted by Gasteiger charge is -2.39. The average molecular weight is 252 g/mol. The number of carbonyl (C=O) groups is 1. The number of piperidine rings is 1. The van der Waals surface area contributed by atoms with Crippen molar-refractivity contribution >= 4 is 5.91 Å². The number of nitrogens with two attached hydrogens (primary N) is 1. The molecule has 4 atom stereocenters. The molecule has 100 valence electrons. The van der Waals surface area contributed by atoms with Crippen LogP contribution < -0.4 is 11.1 Å². The molecule has 17 heavy (non-hydrogen) atoms. The van der Waals surface area contributed by atoms with Gasteiger partial charge in [0.25, 0.3) is 0 Å². The molecular formula is C11H19F3N2O. The van der Waals surface area contributed by atoms with Gasteiger partial charge in [0.2, 0.25) is 5.91 Å². The molecule has 0 aromatic carbocycles. The Morgan fingerprint density at radius 2 is 2.00 bits per heavy atom. The van der Waals surface area contributed by atoms with Crippen molar-refractivity contribution in [2.75, 3.05) is 0 Å². The zero-order valence-electron chi connectivity index (χ0n) is 10.1. The molecule has 0 aromatic heterocycles. The number of carbonyl (C=O) groups excluding carboxylic acids is 1. The summed E-state index contributed by atoms with van der Waals surface area (Å²) in [6, 6.07) is -0.341. The van der Waals surface area contributed by atoms with E-state index in [1.807, 2.05) is 13.8 Å². The van der Waals surface area contributed by atoms with E-state index in [0.717, 1.165) is 6.42 Å². The molecule has 1 aliphatic heterocycles. The van der Waals surface area contributed by atoms with E-state index in [-0.39, 0.29) is 18.4 Å². The van der Waals surface area contributed by atoms with Crippen LogP contribution in [-0.4, -0.2) is 24.2 Å². The molecule has 1 heterocycles. The Bertz CT molecular complexity index is 280. The van der Waals surface area contributed by atoms with E-state index in [0.29, 0.717) is 0 Å². The first kappa shape index (κ1) is 14.3. The Balaban J connectivity index is 2.67. The minimum absolute atomic E-state index is 0.0296. The molecule has 6 heteroatoms. The fraction of sp³-hybridized carbons (Fsp3) is 0.909. The molecule has 3 N–H and O–H groups in total. The molecule has 3 nitrogen and oxygen atoms in total. The van der Waals surface area contributed by atoms with Gasteiger partial charge in [-0.1, -0.05) is 6.92 Å². The molecule has 0 aliphatic carbocycles. The number of rotatable bonds is 3. The van der Waals surface area contributed by atoms with Crippen LogP contribution in [0.5, 0.6) is 0 Å². The summed E-state index contributed by atoms with van der Waals surface area (Å²) >= 11 is 0. The minimum Gasteiger partial charge on any atom is -0.369 e. The van der Waals surface area contributed by atoms with Gasteiger partial charge in [0.05, 0.1) is 5.92 Å². The van der Waals surface area contributed by atoms with Gasteiger partial charge in [0.15, 0.2) is 0 Å². The quantitative estimate of drug-likeness (QED) is 0.805. The van der Waals surface area contributed by atoms with E-state index in [2.05, 4.69) is 5.32 Å². The molecule has 0 radical (unpaired) electrons. The highest BCUT2D eigenvalue weighted by atomic mass is 19.4. The number of nitrogens with one attached hydrogen (secondary N) is 1. The van der Waals surface area contributed by atoms with Gasteiger partial charge in [0, 0.05) is 18.5 Å². The van der Waals surface area contributed by atoms with E-state index < -0.39 is 30.5 Å². The van der Waals surface area contributed by atoms with Crippen LogP contribution in [0, 0.1) is 11.8 Å². The van der Waals surface area contributed by atoms with Crippen molar-refractivity contribution in [2.24, 2.45) is 17.6 Å². The normalized spacial score (nSPS) is 34.6. The van der Waals surface area contributed by atoms with Gasteiger partial charge in [-0.25, -0.2) is 0 Å². The maximum absolute atomic E-state index is 12.2. The van der Waals surface area contributed by atoms with Gasteiger partial charge in [-0.05, 0) is 25.7 Å². The summed E-state index contributed by atoms with van der Waals surface area (Å²) in [5.41, 5.74) is 5.27. The van der Waals surface area contributed by atoms with Crippen LogP contribution >= 0.6 is 0 Å². The Hall–Kier alpha value is -0.780. The average Bonchev–Trinajstić information content (AvgIpc) is 2.11. The van der Waals surface area contributed by atoms with E-state index in [1.165, 1.54) is 0 Å². The van der Waals surface area contributed by atoms with E-state index >= 15 is 0 Å². The summed E-state index contributed by atoms with van der Waals surface area (Å²) in [6.07, 6.45) is -4.40. The number of alkyl halides is 3. The Kier molecular flexibility index (Phi) is 4.41. The summed E-state index contributed by atoms with van der Waals surface area (Å²) in [7, 11) is 0. The molecule has 0 saturated carbocycles. The van der Waals surface area contributed by atoms with Gasteiger partial charge in [-0.15, -0.1) is 0 Å². The van der Waals surface area contributed by atoms with Crippen molar-refractivity contribution < 1.29 is 18.0 Å². The Labute approximate surface area is 98.9 Å². The number of amides is 1. The first-order chi connectivity index (χ1) is 7.70. The molecule has 0 bridgehead atoms. The molecule has 1 saturated heterocycles. The fourth-order valence-corrected chi connectivity index (χ4v) is 2.70. The number of primary amides is 1. The lowest BCUT2D eigenvalue weighted by Crippen LogP contribution is -2.54. The summed E-state index contributed by atoms with van der Waals surface area (Å²) in [5.74, 6) is -0.986. The number of hydrogen-bond donors (Lipinski definition) is 2. The van der Waals surface area contributed by atoms with Gasteiger partial charge in [0.1, 0.15) is 0 Å². The predicted molar refractivity (Wildman–Crippen MR) is 58.1 cm³/mol. The second-order valence-electron chi connectivity index (χ2n) is 4.97. The second kappa shape index (κ2) is 5.25. The maximum Gasteiger partial charge on any atom is 0.389 e. The van der Waals surface area contributed by atoms with Crippen LogP contribution in [0.1, 0.15) is 33.1 Å². The summed E-state index contributed by atoms with van der Waals surface area (Å²) in [5, 5.41) is 3.05. The topological polar surface area (TPSA) is 55.1 Å². The lowest BCUT2D eigenvalue weighted by molar-refractivity contribution is -0.141. The third-order valence-corrected chi connectivity index (χ3v) is 3.34. The standard InChI is InChI=1S/C11H19F3N2O/c1-6-5-7(2)16-8(9(6)10(15)17)3-4-11(12,13)14/h6-9,16H,3-5H2,1-2H3,(H2,15,17). The van der Waals surface area contributed by atoms with Crippen molar-refractivity contribution in [3.63, 3.8) is 0 Å². The molecule has 0 spiro atoms. The summed E-state index contributed by atoms with van der Waals surface area (Å²) < 4.78 is 36.6. The van der Waals surface area contributed by atoms with E-state index in [1.54, 1.807) is 0 Å². The first-order valence-corrected chi connectivity index (χ1v) is 5.83. The van der Waals surface area contributed by atoms with Gasteiger partial charge in [-0.2, -0.15) is 13.2 Å². The lowest BCUT2D eigenvalue weighted by atomic mass is 9.77. The largest absolute Gasteiger partial charge is 0.389 e. The van der Waals surface area contributed by atoms with Gasteiger partial charge >= 0.3 is 6.18 Å². The van der Waals surface area contributed by atoms with Crippen molar-refractivity contribution in [2.45, 2.75) is 51.4 Å². The van der Waals surface area contributed by atoms with Crippen molar-refractivity contribution in [3.8, 4) is 0 Å². The zero-order chi connectivity index (χ0) is 13.2. The third-order valence-electron chi connectivity index (χ3n) is 3.34. The zero-order valence-corrected chi connectivity index (χ0v) is 10.1. The second-order valence-corrected chi connectivity index (χ2v) is 4.97. The predicted octanol–water partition coefficient (Wildman–Crippen LogP) is 1.82. The van der Waals surface area contributed by atoms with Crippen LogP contribution in [0.15, 0.2) is 0 Å². The fourth-order valence-electron chi connectivity index (χ4n) is 2.70. The molecule has 4 unspecified atom stereocenters. The number of hydrogen-bond acceptors (Lipinski definition) is 2. The SMILES string of the molecule is CC1CC(C)C(C(N)=O)C(CCC(F)(F)F)N1.